The largest absolute Gasteiger partial charge is 0.517 e. The summed E-state index contributed by atoms with van der Waals surface area (Å²) in [5.41, 5.74) is 2.09. The highest BCUT2D eigenvalue weighted by Crippen LogP contribution is 2.50. The topological polar surface area (TPSA) is 53.3 Å². The molecule has 1 aromatic heterocycles. The summed E-state index contributed by atoms with van der Waals surface area (Å²) in [7, 11) is -0.413. The van der Waals surface area contributed by atoms with Crippen molar-refractivity contribution in [3.63, 3.8) is 0 Å². The van der Waals surface area contributed by atoms with Gasteiger partial charge in [-0.25, -0.2) is 0 Å². The SMILES string of the molecule is CCOC(Cc1oc(O[Si](C(C)C)(C(C)C)C(C)C)c(Br)c1N1CCC[C@H]1C(C)(C)OC)OCC. The van der Waals surface area contributed by atoms with Gasteiger partial charge in [-0.3, -0.25) is 0 Å². The smallest absolute Gasteiger partial charge is 0.287 e. The Morgan fingerprint density at radius 1 is 1.03 bits per heavy atom. The molecule has 0 aromatic carbocycles. The van der Waals surface area contributed by atoms with Gasteiger partial charge in [0.15, 0.2) is 6.29 Å². The predicted octanol–water partition coefficient (Wildman–Crippen LogP) is 7.93. The van der Waals surface area contributed by atoms with E-state index in [0.29, 0.717) is 42.2 Å². The van der Waals surface area contributed by atoms with Crippen LogP contribution in [0.25, 0.3) is 0 Å². The zero-order chi connectivity index (χ0) is 26.6. The van der Waals surface area contributed by atoms with Crippen LogP contribution in [0.15, 0.2) is 8.89 Å². The van der Waals surface area contributed by atoms with Crippen LogP contribution in [0, 0.1) is 0 Å². The van der Waals surface area contributed by atoms with E-state index in [9.17, 15) is 0 Å². The molecule has 0 unspecified atom stereocenters. The molecule has 0 spiro atoms. The van der Waals surface area contributed by atoms with Gasteiger partial charge in [0.1, 0.15) is 10.2 Å². The van der Waals surface area contributed by atoms with Crippen molar-refractivity contribution in [3.05, 3.63) is 10.2 Å². The first-order chi connectivity index (χ1) is 16.4. The first-order valence-corrected chi connectivity index (χ1v) is 16.4. The van der Waals surface area contributed by atoms with E-state index in [2.05, 4.69) is 76.2 Å². The van der Waals surface area contributed by atoms with Gasteiger partial charge in [0.2, 0.25) is 0 Å². The van der Waals surface area contributed by atoms with Crippen molar-refractivity contribution in [2.75, 3.05) is 31.8 Å². The first kappa shape index (κ1) is 30.7. The normalized spacial score (nSPS) is 17.6. The Hall–Kier alpha value is -0.543. The molecule has 204 valence electrons. The third kappa shape index (κ3) is 6.48. The van der Waals surface area contributed by atoms with E-state index >= 15 is 0 Å². The maximum atomic E-state index is 7.03. The van der Waals surface area contributed by atoms with Gasteiger partial charge in [-0.1, -0.05) is 41.5 Å². The van der Waals surface area contributed by atoms with Crippen LogP contribution in [0.1, 0.15) is 87.8 Å². The number of halogens is 1. The van der Waals surface area contributed by atoms with E-state index in [1.54, 1.807) is 7.11 Å². The van der Waals surface area contributed by atoms with Crippen molar-refractivity contribution in [2.45, 2.75) is 123 Å². The Balaban J connectivity index is 2.63. The molecule has 1 aromatic rings. The Bertz CT molecular complexity index is 767. The van der Waals surface area contributed by atoms with Crippen molar-refractivity contribution in [3.8, 4) is 5.95 Å². The number of furan rings is 1. The third-order valence-corrected chi connectivity index (χ3v) is 14.4. The summed E-state index contributed by atoms with van der Waals surface area (Å²) in [5.74, 6) is 1.45. The average molecular weight is 577 g/mol. The van der Waals surface area contributed by atoms with E-state index < -0.39 is 8.32 Å². The fourth-order valence-electron chi connectivity index (χ4n) is 6.01. The van der Waals surface area contributed by atoms with Crippen molar-refractivity contribution >= 4 is 29.9 Å². The van der Waals surface area contributed by atoms with Crippen LogP contribution in [0.4, 0.5) is 5.69 Å². The lowest BCUT2D eigenvalue weighted by Gasteiger charge is -2.41. The van der Waals surface area contributed by atoms with E-state index in [4.69, 9.17) is 23.1 Å². The van der Waals surface area contributed by atoms with Gasteiger partial charge in [0.05, 0.1) is 23.8 Å². The standard InChI is InChI=1S/C27H50BrNO5Si/c1-12-31-23(32-13-2)17-21-25(29-16-14-15-22(29)27(9,10)30-11)24(28)26(33-21)34-35(18(3)4,19(5)6)20(7)8/h18-20,22-23H,12-17H2,1-11H3/t22-/m0/s1. The summed E-state index contributed by atoms with van der Waals surface area (Å²) in [6, 6.07) is 0.230. The summed E-state index contributed by atoms with van der Waals surface area (Å²) >= 11 is 3.94. The molecule has 35 heavy (non-hydrogen) atoms. The number of ether oxygens (including phenoxy) is 3. The molecule has 0 radical (unpaired) electrons. The highest BCUT2D eigenvalue weighted by Gasteiger charge is 2.49. The molecule has 2 rings (SSSR count). The molecular weight excluding hydrogens is 526 g/mol. The lowest BCUT2D eigenvalue weighted by atomic mass is 9.96. The van der Waals surface area contributed by atoms with Gasteiger partial charge in [0.25, 0.3) is 14.3 Å². The lowest BCUT2D eigenvalue weighted by Crippen LogP contribution is -2.50. The molecule has 0 N–H and O–H groups in total. The summed E-state index contributed by atoms with van der Waals surface area (Å²) < 4.78 is 32.3. The zero-order valence-corrected chi connectivity index (χ0v) is 26.6. The molecule has 8 heteroatoms. The predicted molar refractivity (Wildman–Crippen MR) is 150 cm³/mol. The molecule has 6 nitrogen and oxygen atoms in total. The Kier molecular flexibility index (Phi) is 11.2. The maximum absolute atomic E-state index is 7.03. The Morgan fingerprint density at radius 2 is 1.57 bits per heavy atom. The second-order valence-electron chi connectivity index (χ2n) is 11.1. The minimum Gasteiger partial charge on any atom is -0.517 e. The monoisotopic (exact) mass is 575 g/mol. The van der Waals surface area contributed by atoms with Crippen LogP contribution in [0.2, 0.25) is 16.6 Å². The molecule has 1 aliphatic rings. The quantitative estimate of drug-likeness (QED) is 0.166. The highest BCUT2D eigenvalue weighted by atomic mass is 79.9. The second kappa shape index (κ2) is 12.8. The minimum absolute atomic E-state index is 0.230. The molecule has 0 amide bonds. The fraction of sp³-hybridized carbons (Fsp3) is 0.852. The van der Waals surface area contributed by atoms with Crippen molar-refractivity contribution < 1.29 is 23.1 Å². The molecule has 0 aliphatic carbocycles. The number of rotatable bonds is 14. The van der Waals surface area contributed by atoms with Gasteiger partial charge in [-0.15, -0.1) is 0 Å². The van der Waals surface area contributed by atoms with Gasteiger partial charge in [-0.05, 0) is 73.1 Å². The van der Waals surface area contributed by atoms with Gasteiger partial charge >= 0.3 is 0 Å². The summed E-state index contributed by atoms with van der Waals surface area (Å²) in [4.78, 5) is 2.44. The molecule has 1 aliphatic heterocycles. The minimum atomic E-state index is -2.21. The average Bonchev–Trinajstić information content (AvgIpc) is 3.36. The highest BCUT2D eigenvalue weighted by molar-refractivity contribution is 9.10. The maximum Gasteiger partial charge on any atom is 0.287 e. The molecule has 1 fully saturated rings. The number of nitrogens with zero attached hydrogens (tertiary/aromatic N) is 1. The van der Waals surface area contributed by atoms with Crippen LogP contribution in [-0.2, 0) is 20.6 Å². The van der Waals surface area contributed by atoms with E-state index in [-0.39, 0.29) is 17.9 Å². The first-order valence-electron chi connectivity index (χ1n) is 13.4. The number of methoxy groups -OCH3 is 1. The fourth-order valence-corrected chi connectivity index (χ4v) is 11.9. The molecule has 1 atom stereocenters. The van der Waals surface area contributed by atoms with E-state index in [1.165, 1.54) is 0 Å². The number of hydrogen-bond acceptors (Lipinski definition) is 6. The van der Waals surface area contributed by atoms with Crippen molar-refractivity contribution in [1.82, 2.24) is 0 Å². The Labute approximate surface area is 223 Å². The number of anilines is 1. The van der Waals surface area contributed by atoms with Gasteiger partial charge < -0.3 is 28.0 Å². The van der Waals surface area contributed by atoms with Gasteiger partial charge in [0, 0.05) is 26.9 Å². The van der Waals surface area contributed by atoms with Crippen molar-refractivity contribution in [2.24, 2.45) is 0 Å². The van der Waals surface area contributed by atoms with Crippen LogP contribution < -0.4 is 9.33 Å². The molecule has 1 saturated heterocycles. The zero-order valence-electron chi connectivity index (χ0n) is 24.0. The molecule has 2 heterocycles. The lowest BCUT2D eigenvalue weighted by molar-refractivity contribution is -0.136. The summed E-state index contributed by atoms with van der Waals surface area (Å²) in [5, 5.41) is 0. The third-order valence-electron chi connectivity index (χ3n) is 7.77. The van der Waals surface area contributed by atoms with Crippen LogP contribution in [-0.4, -0.2) is 53.1 Å². The summed E-state index contributed by atoms with van der Waals surface area (Å²) in [6.07, 6.45) is 2.33. The van der Waals surface area contributed by atoms with E-state index in [1.807, 2.05) is 13.8 Å². The summed E-state index contributed by atoms with van der Waals surface area (Å²) in [6.45, 7) is 24.2. The molecular formula is C27H50BrNO5Si. The Morgan fingerprint density at radius 3 is 2.03 bits per heavy atom. The molecule has 0 bridgehead atoms. The second-order valence-corrected chi connectivity index (χ2v) is 17.3. The van der Waals surface area contributed by atoms with Crippen LogP contribution >= 0.6 is 15.9 Å². The van der Waals surface area contributed by atoms with Crippen LogP contribution in [0.3, 0.4) is 0 Å². The van der Waals surface area contributed by atoms with Crippen LogP contribution in [0.5, 0.6) is 5.95 Å². The molecule has 0 saturated carbocycles. The number of hydrogen-bond donors (Lipinski definition) is 0. The van der Waals surface area contributed by atoms with Gasteiger partial charge in [-0.2, -0.15) is 0 Å². The van der Waals surface area contributed by atoms with Crippen molar-refractivity contribution in [1.29, 1.82) is 0 Å². The van der Waals surface area contributed by atoms with E-state index in [0.717, 1.165) is 35.3 Å².